The molecule has 5 heteroatoms. The first kappa shape index (κ1) is 10.6. The molecule has 5 nitrogen and oxygen atoms in total. The first-order valence-corrected chi connectivity index (χ1v) is 4.99. The molecule has 84 valence electrons. The Morgan fingerprint density at radius 2 is 2.00 bits per heavy atom. The molecule has 0 amide bonds. The molecule has 0 aliphatic rings. The van der Waals surface area contributed by atoms with Crippen molar-refractivity contribution in [3.05, 3.63) is 41.6 Å². The van der Waals surface area contributed by atoms with E-state index in [2.05, 4.69) is 10.2 Å². The molecule has 2 N–H and O–H groups in total. The number of benzene rings is 1. The molecule has 0 fully saturated rings. The van der Waals surface area contributed by atoms with Gasteiger partial charge in [-0.1, -0.05) is 18.2 Å². The lowest BCUT2D eigenvalue weighted by molar-refractivity contribution is 0.257. The molecule has 0 aliphatic carbocycles. The van der Waals surface area contributed by atoms with Crippen molar-refractivity contribution in [3.63, 3.8) is 0 Å². The molecule has 0 bridgehead atoms. The first-order valence-electron chi connectivity index (χ1n) is 4.99. The minimum Gasteiger partial charge on any atom is -0.484 e. The van der Waals surface area contributed by atoms with E-state index in [4.69, 9.17) is 14.9 Å². The fraction of sp³-hybridized carbons (Fsp3) is 0.273. The summed E-state index contributed by atoms with van der Waals surface area (Å²) >= 11 is 0. The van der Waals surface area contributed by atoms with E-state index >= 15 is 0 Å². The van der Waals surface area contributed by atoms with E-state index in [1.54, 1.807) is 0 Å². The van der Waals surface area contributed by atoms with Crippen LogP contribution in [0.1, 0.15) is 17.3 Å². The van der Waals surface area contributed by atoms with Gasteiger partial charge in [-0.05, 0) is 18.6 Å². The van der Waals surface area contributed by atoms with Crippen LogP contribution in [0.4, 0.5) is 0 Å². The standard InChI is InChI=1S/C11H13N3O2/c1-8-4-2-3-5-9(8)15-7-11-14-13-10(6-12)16-11/h2-5H,6-7,12H2,1H3. The van der Waals surface area contributed by atoms with E-state index in [0.717, 1.165) is 11.3 Å². The minimum atomic E-state index is 0.247. The predicted octanol–water partition coefficient (Wildman–Crippen LogP) is 1.42. The molecular weight excluding hydrogens is 206 g/mol. The van der Waals surface area contributed by atoms with Gasteiger partial charge in [0.25, 0.3) is 5.89 Å². The third kappa shape index (κ3) is 2.38. The van der Waals surface area contributed by atoms with E-state index in [9.17, 15) is 0 Å². The van der Waals surface area contributed by atoms with Crippen LogP contribution in [-0.4, -0.2) is 10.2 Å². The number of para-hydroxylation sites is 1. The van der Waals surface area contributed by atoms with Crippen molar-refractivity contribution in [3.8, 4) is 5.75 Å². The Morgan fingerprint density at radius 1 is 1.25 bits per heavy atom. The van der Waals surface area contributed by atoms with E-state index in [0.29, 0.717) is 11.8 Å². The summed E-state index contributed by atoms with van der Waals surface area (Å²) in [4.78, 5) is 0. The largest absolute Gasteiger partial charge is 0.484 e. The van der Waals surface area contributed by atoms with Gasteiger partial charge in [-0.15, -0.1) is 10.2 Å². The summed E-state index contributed by atoms with van der Waals surface area (Å²) in [7, 11) is 0. The van der Waals surface area contributed by atoms with Gasteiger partial charge in [0, 0.05) is 0 Å². The Hall–Kier alpha value is -1.88. The molecule has 1 heterocycles. The first-order chi connectivity index (χ1) is 7.79. The van der Waals surface area contributed by atoms with Crippen molar-refractivity contribution in [1.82, 2.24) is 10.2 Å². The molecule has 0 unspecified atom stereocenters. The van der Waals surface area contributed by atoms with Gasteiger partial charge in [0.15, 0.2) is 6.61 Å². The van der Waals surface area contributed by atoms with Crippen molar-refractivity contribution >= 4 is 0 Å². The molecule has 1 aromatic carbocycles. The zero-order valence-electron chi connectivity index (χ0n) is 9.01. The summed E-state index contributed by atoms with van der Waals surface area (Å²) < 4.78 is 10.8. The third-order valence-corrected chi connectivity index (χ3v) is 2.13. The molecule has 0 saturated carbocycles. The molecule has 0 spiro atoms. The maximum absolute atomic E-state index is 5.54. The average molecular weight is 219 g/mol. The quantitative estimate of drug-likeness (QED) is 0.841. The highest BCUT2D eigenvalue weighted by Crippen LogP contribution is 2.17. The molecule has 2 rings (SSSR count). The number of aryl methyl sites for hydroxylation is 1. The van der Waals surface area contributed by atoms with E-state index in [1.165, 1.54) is 0 Å². The maximum Gasteiger partial charge on any atom is 0.253 e. The highest BCUT2D eigenvalue weighted by atomic mass is 16.5. The lowest BCUT2D eigenvalue weighted by Crippen LogP contribution is -1.97. The fourth-order valence-corrected chi connectivity index (χ4v) is 1.29. The second-order valence-corrected chi connectivity index (χ2v) is 3.35. The number of rotatable bonds is 4. The number of hydrogen-bond donors (Lipinski definition) is 1. The van der Waals surface area contributed by atoms with Crippen LogP contribution in [0.25, 0.3) is 0 Å². The van der Waals surface area contributed by atoms with Crippen LogP contribution in [0.2, 0.25) is 0 Å². The van der Waals surface area contributed by atoms with Crippen molar-refractivity contribution in [2.24, 2.45) is 5.73 Å². The van der Waals surface area contributed by atoms with Crippen LogP contribution < -0.4 is 10.5 Å². The van der Waals surface area contributed by atoms with Crippen molar-refractivity contribution in [2.45, 2.75) is 20.1 Å². The van der Waals surface area contributed by atoms with Gasteiger partial charge >= 0.3 is 0 Å². The summed E-state index contributed by atoms with van der Waals surface area (Å²) in [5.74, 6) is 1.67. The second kappa shape index (κ2) is 4.76. The lowest BCUT2D eigenvalue weighted by Gasteiger charge is -2.05. The van der Waals surface area contributed by atoms with Gasteiger partial charge < -0.3 is 14.9 Å². The normalized spacial score (nSPS) is 10.4. The number of ether oxygens (including phenoxy) is 1. The number of nitrogens with two attached hydrogens (primary N) is 1. The minimum absolute atomic E-state index is 0.247. The molecule has 0 saturated heterocycles. The maximum atomic E-state index is 5.54. The molecular formula is C11H13N3O2. The Balaban J connectivity index is 1.99. The Kier molecular flexibility index (Phi) is 3.16. The Bertz CT molecular complexity index is 468. The van der Waals surface area contributed by atoms with Gasteiger partial charge in [0.1, 0.15) is 5.75 Å². The monoisotopic (exact) mass is 219 g/mol. The summed E-state index contributed by atoms with van der Waals surface area (Å²) in [6, 6.07) is 7.76. The van der Waals surface area contributed by atoms with Crippen LogP contribution in [0.5, 0.6) is 5.75 Å². The van der Waals surface area contributed by atoms with E-state index in [-0.39, 0.29) is 13.2 Å². The topological polar surface area (TPSA) is 74.2 Å². The fourth-order valence-electron chi connectivity index (χ4n) is 1.29. The van der Waals surface area contributed by atoms with E-state index in [1.807, 2.05) is 31.2 Å². The molecule has 1 aromatic heterocycles. The van der Waals surface area contributed by atoms with Gasteiger partial charge in [0.05, 0.1) is 6.54 Å². The zero-order valence-corrected chi connectivity index (χ0v) is 9.01. The number of hydrogen-bond acceptors (Lipinski definition) is 5. The van der Waals surface area contributed by atoms with Crippen LogP contribution >= 0.6 is 0 Å². The highest BCUT2D eigenvalue weighted by Gasteiger charge is 2.05. The molecule has 16 heavy (non-hydrogen) atoms. The SMILES string of the molecule is Cc1ccccc1OCc1nnc(CN)o1. The Morgan fingerprint density at radius 3 is 2.69 bits per heavy atom. The summed E-state index contributed by atoms with van der Waals surface area (Å²) in [6.45, 7) is 2.49. The van der Waals surface area contributed by atoms with Gasteiger partial charge in [-0.2, -0.15) is 0 Å². The number of aromatic nitrogens is 2. The average Bonchev–Trinajstić information content (AvgIpc) is 2.76. The second-order valence-electron chi connectivity index (χ2n) is 3.35. The Labute approximate surface area is 93.2 Å². The van der Waals surface area contributed by atoms with Crippen molar-refractivity contribution in [1.29, 1.82) is 0 Å². The molecule has 0 radical (unpaired) electrons. The molecule has 2 aromatic rings. The lowest BCUT2D eigenvalue weighted by atomic mass is 10.2. The van der Waals surface area contributed by atoms with Crippen LogP contribution in [0.15, 0.2) is 28.7 Å². The van der Waals surface area contributed by atoms with Crippen LogP contribution in [-0.2, 0) is 13.2 Å². The summed E-state index contributed by atoms with van der Waals surface area (Å²) in [5, 5.41) is 7.56. The predicted molar refractivity (Wildman–Crippen MR) is 57.7 cm³/mol. The highest BCUT2D eigenvalue weighted by molar-refractivity contribution is 5.31. The van der Waals surface area contributed by atoms with Crippen LogP contribution in [0, 0.1) is 6.92 Å². The summed E-state index contributed by atoms with van der Waals surface area (Å²) in [6.07, 6.45) is 0. The molecule has 0 atom stereocenters. The summed E-state index contributed by atoms with van der Waals surface area (Å²) in [5.41, 5.74) is 6.43. The van der Waals surface area contributed by atoms with Gasteiger partial charge in [-0.25, -0.2) is 0 Å². The van der Waals surface area contributed by atoms with Crippen LogP contribution in [0.3, 0.4) is 0 Å². The smallest absolute Gasteiger partial charge is 0.253 e. The molecule has 0 aliphatic heterocycles. The van der Waals surface area contributed by atoms with Crippen molar-refractivity contribution in [2.75, 3.05) is 0 Å². The van der Waals surface area contributed by atoms with Crippen molar-refractivity contribution < 1.29 is 9.15 Å². The number of nitrogens with zero attached hydrogens (tertiary/aromatic N) is 2. The van der Waals surface area contributed by atoms with Gasteiger partial charge in [-0.3, -0.25) is 0 Å². The van der Waals surface area contributed by atoms with E-state index < -0.39 is 0 Å². The third-order valence-electron chi connectivity index (χ3n) is 2.13. The zero-order chi connectivity index (χ0) is 11.4. The van der Waals surface area contributed by atoms with Gasteiger partial charge in [0.2, 0.25) is 5.89 Å².